The largest absolute Gasteiger partial charge is 0.321 e. The molecule has 94 valence electrons. The highest BCUT2D eigenvalue weighted by Crippen LogP contribution is 2.14. The molecular formula is C12H6Cl2N4O. The SMILES string of the molecule is N#Cc1cccc(NC(=O)c2cc(Cl)nc(Cl)n2)c1. The minimum atomic E-state index is -0.485. The van der Waals surface area contributed by atoms with Crippen LogP contribution in [0.4, 0.5) is 5.69 Å². The zero-order valence-corrected chi connectivity index (χ0v) is 10.9. The van der Waals surface area contributed by atoms with Crippen LogP contribution in [-0.2, 0) is 0 Å². The highest BCUT2D eigenvalue weighted by Gasteiger charge is 2.11. The van der Waals surface area contributed by atoms with Crippen molar-refractivity contribution in [3.8, 4) is 6.07 Å². The molecule has 1 amide bonds. The third-order valence-corrected chi connectivity index (χ3v) is 2.51. The van der Waals surface area contributed by atoms with Gasteiger partial charge in [-0.25, -0.2) is 9.97 Å². The van der Waals surface area contributed by atoms with Crippen LogP contribution in [0.2, 0.25) is 10.4 Å². The fourth-order valence-corrected chi connectivity index (χ4v) is 1.78. The van der Waals surface area contributed by atoms with Gasteiger partial charge in [0.2, 0.25) is 5.28 Å². The number of halogens is 2. The maximum absolute atomic E-state index is 11.9. The number of amides is 1. The topological polar surface area (TPSA) is 78.7 Å². The molecule has 2 rings (SSSR count). The molecule has 5 nitrogen and oxygen atoms in total. The van der Waals surface area contributed by atoms with Gasteiger partial charge in [0.15, 0.2) is 0 Å². The molecule has 2 aromatic rings. The summed E-state index contributed by atoms with van der Waals surface area (Å²) in [5, 5.41) is 11.3. The minimum Gasteiger partial charge on any atom is -0.321 e. The monoisotopic (exact) mass is 292 g/mol. The Bertz CT molecular complexity index is 661. The van der Waals surface area contributed by atoms with Gasteiger partial charge < -0.3 is 5.32 Å². The van der Waals surface area contributed by atoms with Crippen molar-refractivity contribution in [1.82, 2.24) is 9.97 Å². The number of hydrogen-bond acceptors (Lipinski definition) is 4. The predicted molar refractivity (Wildman–Crippen MR) is 71.2 cm³/mol. The summed E-state index contributed by atoms with van der Waals surface area (Å²) in [7, 11) is 0. The van der Waals surface area contributed by atoms with Crippen LogP contribution in [0, 0.1) is 11.3 Å². The Morgan fingerprint density at radius 2 is 2.05 bits per heavy atom. The van der Waals surface area contributed by atoms with Gasteiger partial charge in [0, 0.05) is 11.8 Å². The van der Waals surface area contributed by atoms with Crippen molar-refractivity contribution in [3.05, 3.63) is 52.0 Å². The quantitative estimate of drug-likeness (QED) is 0.682. The molecule has 0 atom stereocenters. The van der Waals surface area contributed by atoms with Crippen molar-refractivity contribution >= 4 is 34.8 Å². The molecule has 0 bridgehead atoms. The van der Waals surface area contributed by atoms with Crippen molar-refractivity contribution < 1.29 is 4.79 Å². The van der Waals surface area contributed by atoms with E-state index in [1.54, 1.807) is 24.3 Å². The van der Waals surface area contributed by atoms with Gasteiger partial charge in [-0.05, 0) is 29.8 Å². The van der Waals surface area contributed by atoms with E-state index in [9.17, 15) is 4.79 Å². The second kappa shape index (κ2) is 5.65. The average Bonchev–Trinajstić information content (AvgIpc) is 2.37. The maximum Gasteiger partial charge on any atom is 0.274 e. The number of aromatic nitrogens is 2. The first-order valence-corrected chi connectivity index (χ1v) is 5.85. The van der Waals surface area contributed by atoms with E-state index in [0.717, 1.165) is 0 Å². The van der Waals surface area contributed by atoms with E-state index in [0.29, 0.717) is 11.3 Å². The van der Waals surface area contributed by atoms with Gasteiger partial charge in [0.1, 0.15) is 10.8 Å². The normalized spacial score (nSPS) is 9.74. The fourth-order valence-electron chi connectivity index (χ4n) is 1.37. The molecule has 1 aromatic heterocycles. The van der Waals surface area contributed by atoms with Crippen LogP contribution in [0.3, 0.4) is 0 Å². The standard InChI is InChI=1S/C12H6Cl2N4O/c13-10-5-9(17-12(14)18-10)11(19)16-8-3-1-2-7(4-8)6-15/h1-5H,(H,16,19). The highest BCUT2D eigenvalue weighted by atomic mass is 35.5. The maximum atomic E-state index is 11.9. The number of hydrogen-bond donors (Lipinski definition) is 1. The van der Waals surface area contributed by atoms with E-state index in [1.165, 1.54) is 6.07 Å². The van der Waals surface area contributed by atoms with E-state index in [-0.39, 0.29) is 16.1 Å². The summed E-state index contributed by atoms with van der Waals surface area (Å²) in [6, 6.07) is 9.78. The van der Waals surface area contributed by atoms with Crippen molar-refractivity contribution in [3.63, 3.8) is 0 Å². The van der Waals surface area contributed by atoms with E-state index in [4.69, 9.17) is 28.5 Å². The molecule has 0 aliphatic heterocycles. The van der Waals surface area contributed by atoms with E-state index in [1.807, 2.05) is 6.07 Å². The summed E-state index contributed by atoms with van der Waals surface area (Å²) in [5.41, 5.74) is 0.971. The van der Waals surface area contributed by atoms with Crippen molar-refractivity contribution in [1.29, 1.82) is 5.26 Å². The van der Waals surface area contributed by atoms with Gasteiger partial charge in [-0.2, -0.15) is 5.26 Å². The number of nitrogens with one attached hydrogen (secondary N) is 1. The Morgan fingerprint density at radius 1 is 1.26 bits per heavy atom. The average molecular weight is 293 g/mol. The Morgan fingerprint density at radius 3 is 2.74 bits per heavy atom. The number of rotatable bonds is 2. The number of carbonyl (C=O) groups excluding carboxylic acids is 1. The molecular weight excluding hydrogens is 287 g/mol. The summed E-state index contributed by atoms with van der Waals surface area (Å²) in [4.78, 5) is 19.3. The zero-order valence-electron chi connectivity index (χ0n) is 9.39. The van der Waals surface area contributed by atoms with Crippen LogP contribution in [0.15, 0.2) is 30.3 Å². The Balaban J connectivity index is 2.23. The van der Waals surface area contributed by atoms with Crippen molar-refractivity contribution in [2.45, 2.75) is 0 Å². The van der Waals surface area contributed by atoms with Crippen LogP contribution in [0.1, 0.15) is 16.1 Å². The first-order valence-electron chi connectivity index (χ1n) is 5.10. The molecule has 0 aliphatic rings. The molecule has 0 fully saturated rings. The van der Waals surface area contributed by atoms with Crippen LogP contribution in [0.5, 0.6) is 0 Å². The van der Waals surface area contributed by atoms with Gasteiger partial charge in [0.05, 0.1) is 11.6 Å². The third-order valence-electron chi connectivity index (χ3n) is 2.15. The summed E-state index contributed by atoms with van der Waals surface area (Å²) in [6.07, 6.45) is 0. The summed E-state index contributed by atoms with van der Waals surface area (Å²) >= 11 is 11.3. The van der Waals surface area contributed by atoms with Crippen molar-refractivity contribution in [2.24, 2.45) is 0 Å². The third kappa shape index (κ3) is 3.41. The Hall–Kier alpha value is -2.16. The molecule has 19 heavy (non-hydrogen) atoms. The zero-order chi connectivity index (χ0) is 13.8. The molecule has 0 unspecified atom stereocenters. The Labute approximate surface area is 118 Å². The van der Waals surface area contributed by atoms with Crippen LogP contribution in [0.25, 0.3) is 0 Å². The van der Waals surface area contributed by atoms with Crippen molar-refractivity contribution in [2.75, 3.05) is 5.32 Å². The van der Waals surface area contributed by atoms with Gasteiger partial charge in [-0.15, -0.1) is 0 Å². The second-order valence-electron chi connectivity index (χ2n) is 3.49. The molecule has 0 saturated heterocycles. The molecule has 1 heterocycles. The first kappa shape index (κ1) is 13.3. The lowest BCUT2D eigenvalue weighted by Gasteiger charge is -2.05. The number of carbonyl (C=O) groups is 1. The number of nitriles is 1. The van der Waals surface area contributed by atoms with Crippen LogP contribution in [-0.4, -0.2) is 15.9 Å². The first-order chi connectivity index (χ1) is 9.08. The highest BCUT2D eigenvalue weighted by molar-refractivity contribution is 6.32. The van der Waals surface area contributed by atoms with Gasteiger partial charge >= 0.3 is 0 Å². The minimum absolute atomic E-state index is 0.0485. The van der Waals surface area contributed by atoms with Crippen LogP contribution < -0.4 is 5.32 Å². The lowest BCUT2D eigenvalue weighted by Crippen LogP contribution is -2.14. The second-order valence-corrected chi connectivity index (χ2v) is 4.22. The molecule has 0 saturated carbocycles. The number of benzene rings is 1. The molecule has 1 N–H and O–H groups in total. The summed E-state index contributed by atoms with van der Waals surface area (Å²) in [5.74, 6) is -0.485. The van der Waals surface area contributed by atoms with Crippen LogP contribution >= 0.6 is 23.2 Å². The Kier molecular flexibility index (Phi) is 3.95. The lowest BCUT2D eigenvalue weighted by molar-refractivity contribution is 0.102. The van der Waals surface area contributed by atoms with E-state index in [2.05, 4.69) is 15.3 Å². The number of nitrogens with zero attached hydrogens (tertiary/aromatic N) is 3. The van der Waals surface area contributed by atoms with Gasteiger partial charge in [-0.1, -0.05) is 17.7 Å². The van der Waals surface area contributed by atoms with E-state index < -0.39 is 5.91 Å². The molecule has 1 aromatic carbocycles. The summed E-state index contributed by atoms with van der Waals surface area (Å²) < 4.78 is 0. The summed E-state index contributed by atoms with van der Waals surface area (Å²) in [6.45, 7) is 0. The van der Waals surface area contributed by atoms with Gasteiger partial charge in [-0.3, -0.25) is 4.79 Å². The fraction of sp³-hybridized carbons (Fsp3) is 0. The molecule has 0 aliphatic carbocycles. The predicted octanol–water partition coefficient (Wildman–Crippen LogP) is 2.91. The lowest BCUT2D eigenvalue weighted by atomic mass is 10.2. The number of anilines is 1. The smallest absolute Gasteiger partial charge is 0.274 e. The van der Waals surface area contributed by atoms with E-state index >= 15 is 0 Å². The molecule has 0 radical (unpaired) electrons. The molecule has 7 heteroatoms. The van der Waals surface area contributed by atoms with Gasteiger partial charge in [0.25, 0.3) is 5.91 Å². The molecule has 0 spiro atoms.